The number of pyridine rings is 1. The topological polar surface area (TPSA) is 63.1 Å². The highest BCUT2D eigenvalue weighted by molar-refractivity contribution is 7.15. The quantitative estimate of drug-likeness (QED) is 0.911. The van der Waals surface area contributed by atoms with Gasteiger partial charge in [0.05, 0.1) is 12.1 Å². The number of carboxylic acid groups (broad SMARTS) is 1. The highest BCUT2D eigenvalue weighted by Gasteiger charge is 2.11. The Balaban J connectivity index is 2.25. The molecule has 2 heterocycles. The Morgan fingerprint density at radius 2 is 2.26 bits per heavy atom. The Morgan fingerprint density at radius 3 is 2.95 bits per heavy atom. The number of carboxylic acids is 1. The van der Waals surface area contributed by atoms with Gasteiger partial charge in [0.15, 0.2) is 0 Å². The number of hydrogen-bond donors (Lipinski definition) is 1. The molecule has 2 rings (SSSR count). The van der Waals surface area contributed by atoms with Crippen LogP contribution in [-0.4, -0.2) is 21.0 Å². The van der Waals surface area contributed by atoms with Crippen molar-refractivity contribution in [3.05, 3.63) is 34.6 Å². The lowest BCUT2D eigenvalue weighted by atomic mass is 10.2. The molecule has 1 N–H and O–H groups in total. The number of carbonyl (C=O) groups is 1. The smallest absolute Gasteiger partial charge is 0.303 e. The fraction of sp³-hybridized carbons (Fsp3) is 0.357. The Hall–Kier alpha value is -1.75. The van der Waals surface area contributed by atoms with E-state index >= 15 is 0 Å². The summed E-state index contributed by atoms with van der Waals surface area (Å²) in [6, 6.07) is 3.98. The van der Waals surface area contributed by atoms with Gasteiger partial charge in [-0.3, -0.25) is 9.78 Å². The second-order valence-corrected chi connectivity index (χ2v) is 5.39. The first-order valence-corrected chi connectivity index (χ1v) is 7.05. The fourth-order valence-corrected chi connectivity index (χ4v) is 2.87. The van der Waals surface area contributed by atoms with E-state index in [-0.39, 0.29) is 6.42 Å². The molecule has 0 atom stereocenters. The predicted octanol–water partition coefficient (Wildman–Crippen LogP) is 3.09. The van der Waals surface area contributed by atoms with Crippen LogP contribution in [0.25, 0.3) is 10.6 Å². The molecule has 0 bridgehead atoms. The van der Waals surface area contributed by atoms with Gasteiger partial charge in [0.25, 0.3) is 0 Å². The summed E-state index contributed by atoms with van der Waals surface area (Å²) in [6.07, 6.45) is 3.38. The lowest BCUT2D eigenvalue weighted by molar-refractivity contribution is -0.136. The van der Waals surface area contributed by atoms with E-state index in [1.165, 1.54) is 0 Å². The van der Waals surface area contributed by atoms with Gasteiger partial charge >= 0.3 is 5.97 Å². The third-order valence-corrected chi connectivity index (χ3v) is 4.15. The average molecular weight is 276 g/mol. The highest BCUT2D eigenvalue weighted by atomic mass is 32.1. The zero-order valence-electron chi connectivity index (χ0n) is 11.0. The summed E-state index contributed by atoms with van der Waals surface area (Å²) in [5.74, 6) is -0.772. The summed E-state index contributed by atoms with van der Waals surface area (Å²) in [6.45, 7) is 4.00. The van der Waals surface area contributed by atoms with Gasteiger partial charge in [-0.1, -0.05) is 6.92 Å². The summed E-state index contributed by atoms with van der Waals surface area (Å²) in [5.41, 5.74) is 3.02. The van der Waals surface area contributed by atoms with Crippen molar-refractivity contribution in [3.63, 3.8) is 0 Å². The number of thiazole rings is 1. The zero-order valence-corrected chi connectivity index (χ0v) is 11.8. The monoisotopic (exact) mass is 276 g/mol. The fourth-order valence-electron chi connectivity index (χ4n) is 1.81. The summed E-state index contributed by atoms with van der Waals surface area (Å²) in [5, 5.41) is 9.67. The second-order valence-electron chi connectivity index (χ2n) is 4.31. The molecule has 0 saturated heterocycles. The number of nitrogens with zero attached hydrogens (tertiary/aromatic N) is 2. The predicted molar refractivity (Wildman–Crippen MR) is 75.4 cm³/mol. The van der Waals surface area contributed by atoms with E-state index in [1.54, 1.807) is 17.5 Å². The van der Waals surface area contributed by atoms with E-state index in [1.807, 2.05) is 19.1 Å². The molecule has 0 amide bonds. The molecule has 0 aromatic carbocycles. The Morgan fingerprint density at radius 1 is 1.47 bits per heavy atom. The molecule has 0 unspecified atom stereocenters. The number of rotatable bonds is 5. The minimum absolute atomic E-state index is 0.152. The number of aryl methyl sites for hydroxylation is 3. The van der Waals surface area contributed by atoms with Crippen molar-refractivity contribution >= 4 is 17.3 Å². The first-order valence-electron chi connectivity index (χ1n) is 6.23. The SMILES string of the molecule is CCc1cc(-c2nc(C)c(CCC(=O)O)s2)ccn1. The summed E-state index contributed by atoms with van der Waals surface area (Å²) in [4.78, 5) is 20.5. The van der Waals surface area contributed by atoms with Crippen LogP contribution in [0.1, 0.15) is 29.6 Å². The lowest BCUT2D eigenvalue weighted by Gasteiger charge is -1.98. The molecule has 100 valence electrons. The highest BCUT2D eigenvalue weighted by Crippen LogP contribution is 2.28. The van der Waals surface area contributed by atoms with Gasteiger partial charge in [-0.25, -0.2) is 4.98 Å². The van der Waals surface area contributed by atoms with Crippen LogP contribution in [0.3, 0.4) is 0 Å². The van der Waals surface area contributed by atoms with Gasteiger partial charge in [-0.2, -0.15) is 0 Å². The third kappa shape index (κ3) is 3.38. The van der Waals surface area contributed by atoms with Gasteiger partial charge in [-0.15, -0.1) is 11.3 Å². The molecule has 19 heavy (non-hydrogen) atoms. The van der Waals surface area contributed by atoms with E-state index < -0.39 is 5.97 Å². The molecule has 0 radical (unpaired) electrons. The Labute approximate surface area is 116 Å². The lowest BCUT2D eigenvalue weighted by Crippen LogP contribution is -1.96. The Bertz CT molecular complexity index is 593. The molecule has 0 aliphatic carbocycles. The molecular weight excluding hydrogens is 260 g/mol. The van der Waals surface area contributed by atoms with Crippen molar-refractivity contribution in [2.24, 2.45) is 0 Å². The van der Waals surface area contributed by atoms with Crippen molar-refractivity contribution < 1.29 is 9.90 Å². The first-order chi connectivity index (χ1) is 9.10. The van der Waals surface area contributed by atoms with Crippen LogP contribution in [0, 0.1) is 6.92 Å². The number of aromatic nitrogens is 2. The third-order valence-electron chi connectivity index (χ3n) is 2.88. The minimum atomic E-state index is -0.772. The van der Waals surface area contributed by atoms with Gasteiger partial charge < -0.3 is 5.11 Å². The van der Waals surface area contributed by atoms with Crippen LogP contribution in [-0.2, 0) is 17.6 Å². The minimum Gasteiger partial charge on any atom is -0.481 e. The van der Waals surface area contributed by atoms with Crippen molar-refractivity contribution in [2.75, 3.05) is 0 Å². The van der Waals surface area contributed by atoms with E-state index in [9.17, 15) is 4.79 Å². The van der Waals surface area contributed by atoms with E-state index in [2.05, 4.69) is 16.9 Å². The normalized spacial score (nSPS) is 10.6. The van der Waals surface area contributed by atoms with Gasteiger partial charge in [0.1, 0.15) is 5.01 Å². The van der Waals surface area contributed by atoms with E-state index in [4.69, 9.17) is 5.11 Å². The van der Waals surface area contributed by atoms with E-state index in [0.29, 0.717) is 6.42 Å². The zero-order chi connectivity index (χ0) is 13.8. The first kappa shape index (κ1) is 13.7. The van der Waals surface area contributed by atoms with Crippen molar-refractivity contribution in [1.29, 1.82) is 0 Å². The average Bonchev–Trinajstić information content (AvgIpc) is 2.78. The second kappa shape index (κ2) is 5.93. The molecular formula is C14H16N2O2S. The molecule has 5 heteroatoms. The van der Waals surface area contributed by atoms with Crippen LogP contribution in [0.4, 0.5) is 0 Å². The van der Waals surface area contributed by atoms with Crippen LogP contribution in [0.2, 0.25) is 0 Å². The maximum Gasteiger partial charge on any atom is 0.303 e. The summed E-state index contributed by atoms with van der Waals surface area (Å²) in [7, 11) is 0. The van der Waals surface area contributed by atoms with Crippen molar-refractivity contribution in [2.45, 2.75) is 33.1 Å². The molecule has 0 saturated carbocycles. The van der Waals surface area contributed by atoms with Crippen molar-refractivity contribution in [1.82, 2.24) is 9.97 Å². The molecule has 0 spiro atoms. The number of aliphatic carboxylic acids is 1. The number of hydrogen-bond acceptors (Lipinski definition) is 4. The molecule has 0 aliphatic heterocycles. The van der Waals surface area contributed by atoms with E-state index in [0.717, 1.165) is 33.3 Å². The van der Waals surface area contributed by atoms with Gasteiger partial charge in [0, 0.05) is 22.3 Å². The molecule has 0 aliphatic rings. The van der Waals surface area contributed by atoms with Crippen molar-refractivity contribution in [3.8, 4) is 10.6 Å². The molecule has 2 aromatic rings. The van der Waals surface area contributed by atoms with Gasteiger partial charge in [0.2, 0.25) is 0 Å². The maximum absolute atomic E-state index is 10.6. The van der Waals surface area contributed by atoms with Crippen LogP contribution in [0.5, 0.6) is 0 Å². The largest absolute Gasteiger partial charge is 0.481 e. The van der Waals surface area contributed by atoms with Crippen LogP contribution < -0.4 is 0 Å². The summed E-state index contributed by atoms with van der Waals surface area (Å²) >= 11 is 1.57. The molecule has 2 aromatic heterocycles. The molecule has 0 fully saturated rings. The van der Waals surface area contributed by atoms with Crippen LogP contribution >= 0.6 is 11.3 Å². The standard InChI is InChI=1S/C14H16N2O2S/c1-3-11-8-10(6-7-15-11)14-16-9(2)12(19-14)4-5-13(17)18/h6-8H,3-5H2,1-2H3,(H,17,18). The maximum atomic E-state index is 10.6. The summed E-state index contributed by atoms with van der Waals surface area (Å²) < 4.78 is 0. The molecule has 4 nitrogen and oxygen atoms in total. The van der Waals surface area contributed by atoms with Gasteiger partial charge in [-0.05, 0) is 31.9 Å². The Kier molecular flexibility index (Phi) is 4.27. The van der Waals surface area contributed by atoms with Crippen LogP contribution in [0.15, 0.2) is 18.3 Å².